The number of amides is 2. The number of nitrogens with one attached hydrogen (secondary N) is 1. The molecule has 0 saturated heterocycles. The summed E-state index contributed by atoms with van der Waals surface area (Å²) >= 11 is 0. The Morgan fingerprint density at radius 2 is 1.22 bits per heavy atom. The van der Waals surface area contributed by atoms with Gasteiger partial charge in [0.15, 0.2) is 0 Å². The number of hydrogen-bond donors (Lipinski definition) is 2. The Kier molecular flexibility index (Phi) is 8.01. The Bertz CT molecular complexity index is 1000. The van der Waals surface area contributed by atoms with Crippen molar-refractivity contribution in [1.29, 1.82) is 0 Å². The number of hydrogen-bond acceptors (Lipinski definition) is 2. The van der Waals surface area contributed by atoms with Crippen LogP contribution in [0.1, 0.15) is 35.1 Å². The fourth-order valence-corrected chi connectivity index (χ4v) is 2.94. The zero-order valence-electron chi connectivity index (χ0n) is 16.6. The second kappa shape index (κ2) is 10.3. The second-order valence-corrected chi connectivity index (χ2v) is 6.75. The number of guanidine groups is 1. The normalized spacial score (nSPS) is 12.5. The van der Waals surface area contributed by atoms with Gasteiger partial charge in [-0.05, 0) is 36.1 Å². The molecule has 0 fully saturated rings. The van der Waals surface area contributed by atoms with Gasteiger partial charge in [0.05, 0.1) is 11.1 Å². The van der Waals surface area contributed by atoms with Gasteiger partial charge in [0.1, 0.15) is 0 Å². The topological polar surface area (TPSA) is 84.5 Å². The van der Waals surface area contributed by atoms with Crippen molar-refractivity contribution in [3.63, 3.8) is 0 Å². The number of carbonyl (C=O) groups is 2. The van der Waals surface area contributed by atoms with Crippen molar-refractivity contribution in [1.82, 2.24) is 5.32 Å². The molecule has 0 aliphatic rings. The van der Waals surface area contributed by atoms with Crippen molar-refractivity contribution in [2.24, 2.45) is 10.7 Å². The van der Waals surface area contributed by atoms with Crippen LogP contribution in [0.3, 0.4) is 0 Å². The van der Waals surface area contributed by atoms with Crippen LogP contribution in [0.4, 0.5) is 26.3 Å². The van der Waals surface area contributed by atoms with E-state index in [1.165, 1.54) is 36.4 Å². The van der Waals surface area contributed by atoms with E-state index < -0.39 is 41.3 Å². The Labute approximate surface area is 179 Å². The Morgan fingerprint density at radius 1 is 0.781 bits per heavy atom. The Hall–Kier alpha value is -3.37. The number of benzene rings is 2. The zero-order valence-corrected chi connectivity index (χ0v) is 16.6. The predicted octanol–water partition coefficient (Wildman–Crippen LogP) is 4.25. The van der Waals surface area contributed by atoms with Crippen LogP contribution in [-0.4, -0.2) is 17.8 Å². The molecule has 2 amide bonds. The van der Waals surface area contributed by atoms with Crippen molar-refractivity contribution in [3.8, 4) is 0 Å². The predicted molar refractivity (Wildman–Crippen MR) is 104 cm³/mol. The molecule has 2 aromatic carbocycles. The van der Waals surface area contributed by atoms with E-state index in [1.54, 1.807) is 0 Å². The van der Waals surface area contributed by atoms with Crippen LogP contribution in [-0.2, 0) is 34.8 Å². The standard InChI is InChI=1S/C21H19F6N3O2/c22-20(23,24)15-7-3-1-5-13(15)9-11-17(31)29-19(28)30-18(32)12-10-14-6-2-4-8-16(14)21(25,26)27/h1-8H,9-12H2,(H3,28,29,30,31,32). The summed E-state index contributed by atoms with van der Waals surface area (Å²) in [5.41, 5.74) is 3.56. The first-order valence-electron chi connectivity index (χ1n) is 9.35. The molecule has 0 bridgehead atoms. The lowest BCUT2D eigenvalue weighted by Crippen LogP contribution is -2.37. The van der Waals surface area contributed by atoms with Crippen molar-refractivity contribution in [2.45, 2.75) is 38.0 Å². The van der Waals surface area contributed by atoms with E-state index in [0.29, 0.717) is 0 Å². The maximum absolute atomic E-state index is 13.0. The van der Waals surface area contributed by atoms with Crippen LogP contribution in [0, 0.1) is 0 Å². The van der Waals surface area contributed by atoms with E-state index in [0.717, 1.165) is 12.1 Å². The molecule has 0 atom stereocenters. The quantitative estimate of drug-likeness (QED) is 0.385. The molecule has 0 heterocycles. The lowest BCUT2D eigenvalue weighted by molar-refractivity contribution is -0.139. The number of nitrogens with two attached hydrogens (primary N) is 1. The van der Waals surface area contributed by atoms with E-state index in [-0.39, 0.29) is 36.8 Å². The van der Waals surface area contributed by atoms with Crippen LogP contribution in [0.25, 0.3) is 0 Å². The highest BCUT2D eigenvalue weighted by atomic mass is 19.4. The van der Waals surface area contributed by atoms with Crippen molar-refractivity contribution in [2.75, 3.05) is 0 Å². The Morgan fingerprint density at radius 3 is 1.69 bits per heavy atom. The monoisotopic (exact) mass is 459 g/mol. The van der Waals surface area contributed by atoms with Gasteiger partial charge in [-0.25, -0.2) is 0 Å². The lowest BCUT2D eigenvalue weighted by Gasteiger charge is -2.12. The number of halogens is 6. The van der Waals surface area contributed by atoms with Gasteiger partial charge in [0.2, 0.25) is 17.8 Å². The minimum atomic E-state index is -4.57. The number of carbonyl (C=O) groups excluding carboxylic acids is 2. The average molecular weight is 459 g/mol. The van der Waals surface area contributed by atoms with Crippen LogP contribution in [0.15, 0.2) is 53.5 Å². The molecule has 172 valence electrons. The number of aliphatic imine (C=N–C) groups is 1. The summed E-state index contributed by atoms with van der Waals surface area (Å²) in [4.78, 5) is 27.2. The van der Waals surface area contributed by atoms with Gasteiger partial charge in [0, 0.05) is 12.8 Å². The molecule has 2 aromatic rings. The average Bonchev–Trinajstić information content (AvgIpc) is 2.69. The van der Waals surface area contributed by atoms with Gasteiger partial charge in [0.25, 0.3) is 0 Å². The van der Waals surface area contributed by atoms with Crippen LogP contribution in [0.2, 0.25) is 0 Å². The summed E-state index contributed by atoms with van der Waals surface area (Å²) in [6, 6.07) is 9.56. The third-order valence-electron chi connectivity index (χ3n) is 4.39. The van der Waals surface area contributed by atoms with Gasteiger partial charge in [-0.15, -0.1) is 0 Å². The SMILES string of the molecule is NC(=NC(=O)CCc1ccccc1C(F)(F)F)NC(=O)CCc1ccccc1C(F)(F)F. The first kappa shape index (κ1) is 24.9. The summed E-state index contributed by atoms with van der Waals surface area (Å²) in [7, 11) is 0. The van der Waals surface area contributed by atoms with Gasteiger partial charge in [-0.2, -0.15) is 31.3 Å². The van der Waals surface area contributed by atoms with E-state index in [1.807, 2.05) is 0 Å². The van der Waals surface area contributed by atoms with E-state index in [4.69, 9.17) is 5.73 Å². The molecule has 0 aliphatic heterocycles. The Balaban J connectivity index is 1.90. The molecule has 0 radical (unpaired) electrons. The second-order valence-electron chi connectivity index (χ2n) is 6.75. The van der Waals surface area contributed by atoms with Gasteiger partial charge < -0.3 is 5.73 Å². The summed E-state index contributed by atoms with van der Waals surface area (Å²) < 4.78 is 77.8. The van der Waals surface area contributed by atoms with Crippen LogP contribution >= 0.6 is 0 Å². The maximum Gasteiger partial charge on any atom is 0.416 e. The molecule has 0 aromatic heterocycles. The molecule has 32 heavy (non-hydrogen) atoms. The number of nitrogens with zero attached hydrogens (tertiary/aromatic N) is 1. The van der Waals surface area contributed by atoms with Gasteiger partial charge >= 0.3 is 12.4 Å². The summed E-state index contributed by atoms with van der Waals surface area (Å²) in [6.07, 6.45) is -10.3. The van der Waals surface area contributed by atoms with E-state index in [2.05, 4.69) is 10.3 Å². The first-order chi connectivity index (χ1) is 14.9. The fourth-order valence-electron chi connectivity index (χ4n) is 2.94. The minimum Gasteiger partial charge on any atom is -0.369 e. The first-order valence-corrected chi connectivity index (χ1v) is 9.35. The molecule has 5 nitrogen and oxygen atoms in total. The molecule has 3 N–H and O–H groups in total. The summed E-state index contributed by atoms with van der Waals surface area (Å²) in [6.45, 7) is 0. The molecule has 0 spiro atoms. The highest BCUT2D eigenvalue weighted by Crippen LogP contribution is 2.33. The third-order valence-corrected chi connectivity index (χ3v) is 4.39. The lowest BCUT2D eigenvalue weighted by atomic mass is 10.0. The molecular weight excluding hydrogens is 440 g/mol. The van der Waals surface area contributed by atoms with Crippen molar-refractivity contribution < 1.29 is 35.9 Å². The number of aryl methyl sites for hydroxylation is 2. The van der Waals surface area contributed by atoms with Crippen LogP contribution < -0.4 is 11.1 Å². The number of rotatable bonds is 6. The van der Waals surface area contributed by atoms with Crippen molar-refractivity contribution in [3.05, 3.63) is 70.8 Å². The van der Waals surface area contributed by atoms with E-state index in [9.17, 15) is 35.9 Å². The molecule has 0 saturated carbocycles. The molecule has 11 heteroatoms. The van der Waals surface area contributed by atoms with E-state index >= 15 is 0 Å². The zero-order chi connectivity index (χ0) is 23.9. The summed E-state index contributed by atoms with van der Waals surface area (Å²) in [5.74, 6) is -2.21. The fraction of sp³-hybridized carbons (Fsp3) is 0.286. The number of alkyl halides is 6. The van der Waals surface area contributed by atoms with Gasteiger partial charge in [-0.3, -0.25) is 14.9 Å². The van der Waals surface area contributed by atoms with Crippen LogP contribution in [0.5, 0.6) is 0 Å². The highest BCUT2D eigenvalue weighted by molar-refractivity contribution is 6.01. The third kappa shape index (κ3) is 7.40. The molecule has 0 unspecified atom stereocenters. The summed E-state index contributed by atoms with van der Waals surface area (Å²) in [5, 5.41) is 2.08. The van der Waals surface area contributed by atoms with Crippen molar-refractivity contribution >= 4 is 17.8 Å². The smallest absolute Gasteiger partial charge is 0.369 e. The van der Waals surface area contributed by atoms with Gasteiger partial charge in [-0.1, -0.05) is 36.4 Å². The maximum atomic E-state index is 13.0. The molecule has 0 aliphatic carbocycles. The minimum absolute atomic E-state index is 0.0786. The highest BCUT2D eigenvalue weighted by Gasteiger charge is 2.33. The largest absolute Gasteiger partial charge is 0.416 e. The molecular formula is C21H19F6N3O2. The molecule has 2 rings (SSSR count).